The molecule has 0 aliphatic carbocycles. The highest BCUT2D eigenvalue weighted by Gasteiger charge is 2.39. The number of halogens is 1. The van der Waals surface area contributed by atoms with Gasteiger partial charge in [-0.15, -0.1) is 0 Å². The average molecular weight is 462 g/mol. The minimum atomic E-state index is -0.411. The van der Waals surface area contributed by atoms with Crippen molar-refractivity contribution in [3.8, 4) is 0 Å². The maximum absolute atomic E-state index is 13.1. The summed E-state index contributed by atoms with van der Waals surface area (Å²) >= 11 is 6.01. The van der Waals surface area contributed by atoms with Gasteiger partial charge in [0.25, 0.3) is 5.91 Å². The van der Waals surface area contributed by atoms with E-state index < -0.39 is 12.1 Å². The van der Waals surface area contributed by atoms with E-state index in [4.69, 9.17) is 21.4 Å². The molecule has 1 aliphatic rings. The topological polar surface area (TPSA) is 62.2 Å². The number of hydrazone groups is 1. The van der Waals surface area contributed by atoms with Crippen LogP contribution in [0, 0.1) is 0 Å². The van der Waals surface area contributed by atoms with Crippen LogP contribution >= 0.6 is 11.6 Å². The Kier molecular flexibility index (Phi) is 6.87. The van der Waals surface area contributed by atoms with Crippen LogP contribution in [0.2, 0.25) is 5.02 Å². The van der Waals surface area contributed by atoms with E-state index in [1.165, 1.54) is 12.1 Å². The van der Waals surface area contributed by atoms with Crippen LogP contribution in [0.25, 0.3) is 0 Å². The van der Waals surface area contributed by atoms with Crippen LogP contribution in [0.15, 0.2) is 84.0 Å². The van der Waals surface area contributed by atoms with Gasteiger partial charge in [-0.3, -0.25) is 9.69 Å². The minimum Gasteiger partial charge on any atom is -0.465 e. The summed E-state index contributed by atoms with van der Waals surface area (Å²) in [4.78, 5) is 27.0. The highest BCUT2D eigenvalue weighted by Crippen LogP contribution is 2.33. The zero-order valence-corrected chi connectivity index (χ0v) is 19.2. The second kappa shape index (κ2) is 9.98. The summed E-state index contributed by atoms with van der Waals surface area (Å²) in [6.45, 7) is 2.69. The zero-order chi connectivity index (χ0) is 23.4. The Morgan fingerprint density at radius 1 is 1.00 bits per heavy atom. The first-order chi connectivity index (χ1) is 16.0. The Morgan fingerprint density at radius 3 is 2.27 bits per heavy atom. The summed E-state index contributed by atoms with van der Waals surface area (Å²) in [6, 6.07) is 24.4. The quantitative estimate of drug-likeness (QED) is 0.387. The van der Waals surface area contributed by atoms with Crippen molar-refractivity contribution in [3.05, 3.63) is 106 Å². The van der Waals surface area contributed by atoms with Gasteiger partial charge in [0.15, 0.2) is 0 Å². The normalized spacial score (nSPS) is 16.8. The fourth-order valence-electron chi connectivity index (χ4n) is 3.87. The smallest absolute Gasteiger partial charge is 0.337 e. The van der Waals surface area contributed by atoms with E-state index in [0.29, 0.717) is 22.8 Å². The lowest BCUT2D eigenvalue weighted by Crippen LogP contribution is -2.29. The van der Waals surface area contributed by atoms with Gasteiger partial charge in [-0.25, -0.2) is 9.80 Å². The largest absolute Gasteiger partial charge is 0.465 e. The number of amides is 1. The molecule has 0 unspecified atom stereocenters. The van der Waals surface area contributed by atoms with E-state index >= 15 is 0 Å². The lowest BCUT2D eigenvalue weighted by atomic mass is 10.1. The number of hydrogen-bond acceptors (Lipinski definition) is 5. The molecular formula is C26H24ClN3O3. The molecule has 0 N–H and O–H groups in total. The number of nitrogens with zero attached hydrogens (tertiary/aromatic N) is 3. The van der Waals surface area contributed by atoms with Crippen molar-refractivity contribution in [1.82, 2.24) is 9.91 Å². The fraction of sp³-hybridized carbons (Fsp3) is 0.192. The molecule has 33 heavy (non-hydrogen) atoms. The Bertz CT molecular complexity index is 1160. The van der Waals surface area contributed by atoms with E-state index in [9.17, 15) is 9.59 Å². The van der Waals surface area contributed by atoms with E-state index in [1.54, 1.807) is 24.3 Å². The van der Waals surface area contributed by atoms with Gasteiger partial charge in [0.1, 0.15) is 6.17 Å². The van der Waals surface area contributed by atoms with E-state index in [2.05, 4.69) is 4.90 Å². The number of esters is 1. The zero-order valence-electron chi connectivity index (χ0n) is 18.4. The van der Waals surface area contributed by atoms with Crippen LogP contribution < -0.4 is 0 Å². The van der Waals surface area contributed by atoms with Crippen molar-refractivity contribution < 1.29 is 14.3 Å². The summed E-state index contributed by atoms with van der Waals surface area (Å²) in [5.74, 6) is -0.500. The number of rotatable bonds is 6. The average Bonchev–Trinajstić information content (AvgIpc) is 3.13. The number of hydrogen-bond donors (Lipinski definition) is 0. The molecule has 0 spiro atoms. The summed E-state index contributed by atoms with van der Waals surface area (Å²) in [5.41, 5.74) is 4.00. The molecule has 1 atom stereocenters. The molecule has 0 radical (unpaired) electrons. The second-order valence-electron chi connectivity index (χ2n) is 7.81. The molecule has 1 heterocycles. The van der Waals surface area contributed by atoms with Crippen molar-refractivity contribution >= 4 is 29.2 Å². The number of ether oxygens (including phenoxy) is 1. The number of carbonyl (C=O) groups is 2. The van der Waals surface area contributed by atoms with Crippen LogP contribution in [0.4, 0.5) is 0 Å². The van der Waals surface area contributed by atoms with Crippen molar-refractivity contribution in [1.29, 1.82) is 0 Å². The number of carbonyl (C=O) groups excluding carboxylic acids is 2. The molecule has 1 amide bonds. The van der Waals surface area contributed by atoms with E-state index in [0.717, 1.165) is 16.7 Å². The molecule has 7 heteroatoms. The standard InChI is InChI=1S/C26H24ClN3O3/c1-18(20-12-14-23(27)15-13-20)28-30-24(31)17-29(16-19-6-4-3-5-7-19)25(30)21-8-10-22(11-9-21)26(32)33-2/h3-15,25H,16-17H2,1-2H3/b28-18-/t25-/m0/s1. The Morgan fingerprint density at radius 2 is 1.64 bits per heavy atom. The van der Waals surface area contributed by atoms with Gasteiger partial charge in [0.2, 0.25) is 0 Å². The van der Waals surface area contributed by atoms with E-state index in [1.807, 2.05) is 61.5 Å². The predicted molar refractivity (Wildman–Crippen MR) is 128 cm³/mol. The number of methoxy groups -OCH3 is 1. The molecule has 168 valence electrons. The molecule has 0 aromatic heterocycles. The molecule has 3 aromatic carbocycles. The fourth-order valence-corrected chi connectivity index (χ4v) is 3.99. The molecular weight excluding hydrogens is 438 g/mol. The van der Waals surface area contributed by atoms with Crippen molar-refractivity contribution in [3.63, 3.8) is 0 Å². The van der Waals surface area contributed by atoms with Gasteiger partial charge in [0.05, 0.1) is 24.9 Å². The maximum atomic E-state index is 13.1. The predicted octanol–water partition coefficient (Wildman–Crippen LogP) is 4.89. The van der Waals surface area contributed by atoms with Gasteiger partial charge in [-0.2, -0.15) is 5.10 Å². The monoisotopic (exact) mass is 461 g/mol. The molecule has 0 saturated carbocycles. The van der Waals surface area contributed by atoms with Crippen molar-refractivity contribution in [2.45, 2.75) is 19.6 Å². The highest BCUT2D eigenvalue weighted by molar-refractivity contribution is 6.30. The van der Waals surface area contributed by atoms with Gasteiger partial charge in [-0.1, -0.05) is 66.2 Å². The Labute approximate surface area is 198 Å². The van der Waals surface area contributed by atoms with Crippen LogP contribution in [-0.2, 0) is 16.1 Å². The Hall–Kier alpha value is -3.48. The highest BCUT2D eigenvalue weighted by atomic mass is 35.5. The lowest BCUT2D eigenvalue weighted by molar-refractivity contribution is -0.128. The third-order valence-corrected chi connectivity index (χ3v) is 5.80. The molecule has 0 bridgehead atoms. The summed E-state index contributed by atoms with van der Waals surface area (Å²) in [5, 5.41) is 6.87. The van der Waals surface area contributed by atoms with Crippen LogP contribution in [0.1, 0.15) is 40.1 Å². The molecule has 3 aromatic rings. The van der Waals surface area contributed by atoms with Crippen molar-refractivity contribution in [2.75, 3.05) is 13.7 Å². The van der Waals surface area contributed by atoms with Crippen LogP contribution in [-0.4, -0.2) is 41.2 Å². The summed E-state index contributed by atoms with van der Waals surface area (Å²) < 4.78 is 4.80. The molecule has 1 saturated heterocycles. The van der Waals surface area contributed by atoms with Crippen molar-refractivity contribution in [2.24, 2.45) is 5.10 Å². The third kappa shape index (κ3) is 5.13. The van der Waals surface area contributed by atoms with Gasteiger partial charge >= 0.3 is 5.97 Å². The maximum Gasteiger partial charge on any atom is 0.337 e. The molecule has 1 aliphatic heterocycles. The van der Waals surface area contributed by atoms with Crippen LogP contribution in [0.5, 0.6) is 0 Å². The minimum absolute atomic E-state index is 0.0960. The molecule has 1 fully saturated rings. The lowest BCUT2D eigenvalue weighted by Gasteiger charge is -2.28. The molecule has 4 rings (SSSR count). The summed E-state index contributed by atoms with van der Waals surface area (Å²) in [6.07, 6.45) is -0.411. The first-order valence-corrected chi connectivity index (χ1v) is 10.9. The van der Waals surface area contributed by atoms with Gasteiger partial charge in [-0.05, 0) is 47.9 Å². The number of benzene rings is 3. The SMILES string of the molecule is COC(=O)c1ccc([C@H]2N(Cc3ccccc3)CC(=O)N2/N=C(/C)c2ccc(Cl)cc2)cc1. The van der Waals surface area contributed by atoms with E-state index in [-0.39, 0.29) is 12.5 Å². The summed E-state index contributed by atoms with van der Waals surface area (Å²) in [7, 11) is 1.35. The Balaban J connectivity index is 1.70. The first kappa shape index (κ1) is 22.7. The first-order valence-electron chi connectivity index (χ1n) is 10.6. The second-order valence-corrected chi connectivity index (χ2v) is 8.24. The molecule has 6 nitrogen and oxygen atoms in total. The van der Waals surface area contributed by atoms with Gasteiger partial charge < -0.3 is 4.74 Å². The van der Waals surface area contributed by atoms with Gasteiger partial charge in [0, 0.05) is 11.6 Å². The third-order valence-electron chi connectivity index (χ3n) is 5.55. The van der Waals surface area contributed by atoms with Crippen LogP contribution in [0.3, 0.4) is 0 Å².